The van der Waals surface area contributed by atoms with Gasteiger partial charge in [-0.3, -0.25) is 19.3 Å². The van der Waals surface area contributed by atoms with Crippen LogP contribution in [0.5, 0.6) is 0 Å². The monoisotopic (exact) mass is 369 g/mol. The lowest BCUT2D eigenvalue weighted by atomic mass is 10.1. The number of rotatable bonds is 6. The third-order valence-corrected chi connectivity index (χ3v) is 4.62. The molecule has 1 fully saturated rings. The average Bonchev–Trinajstić information content (AvgIpc) is 3.21. The molecule has 1 aromatic heterocycles. The third-order valence-electron chi connectivity index (χ3n) is 4.62. The van der Waals surface area contributed by atoms with Crippen LogP contribution >= 0.6 is 0 Å². The van der Waals surface area contributed by atoms with E-state index in [0.717, 1.165) is 13.1 Å². The van der Waals surface area contributed by atoms with Crippen molar-refractivity contribution in [3.8, 4) is 0 Å². The van der Waals surface area contributed by atoms with E-state index >= 15 is 0 Å². The van der Waals surface area contributed by atoms with Gasteiger partial charge in [0.15, 0.2) is 11.5 Å². The zero-order chi connectivity index (χ0) is 19.2. The van der Waals surface area contributed by atoms with Gasteiger partial charge >= 0.3 is 0 Å². The van der Waals surface area contributed by atoms with Crippen molar-refractivity contribution in [2.75, 3.05) is 38.0 Å². The molecule has 0 spiro atoms. The number of piperazine rings is 1. The minimum atomic E-state index is -0.0913. The van der Waals surface area contributed by atoms with E-state index in [2.05, 4.69) is 10.2 Å². The van der Waals surface area contributed by atoms with Crippen LogP contribution in [0.1, 0.15) is 34.3 Å². The molecular weight excluding hydrogens is 346 g/mol. The smallest absolute Gasteiger partial charge is 0.289 e. The molecule has 1 aromatic carbocycles. The Kier molecular flexibility index (Phi) is 6.03. The van der Waals surface area contributed by atoms with E-state index in [9.17, 15) is 14.4 Å². The fraction of sp³-hybridized carbons (Fsp3) is 0.350. The second kappa shape index (κ2) is 8.64. The highest BCUT2D eigenvalue weighted by molar-refractivity contribution is 5.95. The molecule has 1 aliphatic heterocycles. The van der Waals surface area contributed by atoms with Gasteiger partial charge in [0.05, 0.1) is 6.26 Å². The molecule has 1 N–H and O–H groups in total. The summed E-state index contributed by atoms with van der Waals surface area (Å²) in [6.07, 6.45) is 1.87. The largest absolute Gasteiger partial charge is 0.459 e. The average molecular weight is 369 g/mol. The van der Waals surface area contributed by atoms with Crippen molar-refractivity contribution < 1.29 is 18.8 Å². The SMILES string of the molecule is CC(=O)c1ccc(NC(=O)CCN2CCN(C(=O)c3ccco3)CC2)cc1. The molecule has 1 aliphatic rings. The zero-order valence-electron chi connectivity index (χ0n) is 15.3. The number of ketones is 1. The van der Waals surface area contributed by atoms with Crippen molar-refractivity contribution in [1.29, 1.82) is 0 Å². The van der Waals surface area contributed by atoms with E-state index in [4.69, 9.17) is 4.42 Å². The van der Waals surface area contributed by atoms with Gasteiger partial charge in [-0.25, -0.2) is 0 Å². The minimum Gasteiger partial charge on any atom is -0.459 e. The first-order chi connectivity index (χ1) is 13.0. The molecule has 3 rings (SSSR count). The van der Waals surface area contributed by atoms with E-state index < -0.39 is 0 Å². The summed E-state index contributed by atoms with van der Waals surface area (Å²) in [5, 5.41) is 2.84. The number of carbonyl (C=O) groups excluding carboxylic acids is 3. The van der Waals surface area contributed by atoms with Gasteiger partial charge in [0, 0.05) is 50.4 Å². The minimum absolute atomic E-state index is 0.00227. The van der Waals surface area contributed by atoms with Crippen LogP contribution in [0.25, 0.3) is 0 Å². The summed E-state index contributed by atoms with van der Waals surface area (Å²) in [5.41, 5.74) is 1.30. The Balaban J connectivity index is 1.40. The van der Waals surface area contributed by atoms with Gasteiger partial charge in [0.2, 0.25) is 5.91 Å². The lowest BCUT2D eigenvalue weighted by Gasteiger charge is -2.34. The molecular formula is C20H23N3O4. The summed E-state index contributed by atoms with van der Waals surface area (Å²) in [5.74, 6) is 0.197. The Morgan fingerprint density at radius 2 is 1.74 bits per heavy atom. The van der Waals surface area contributed by atoms with E-state index in [1.807, 2.05) is 0 Å². The number of hydrogen-bond donors (Lipinski definition) is 1. The van der Waals surface area contributed by atoms with Gasteiger partial charge in [0.25, 0.3) is 5.91 Å². The Labute approximate surface area is 157 Å². The topological polar surface area (TPSA) is 82.9 Å². The van der Waals surface area contributed by atoms with Crippen LogP contribution in [0.2, 0.25) is 0 Å². The van der Waals surface area contributed by atoms with Crippen molar-refractivity contribution in [3.05, 3.63) is 54.0 Å². The number of benzene rings is 1. The number of Topliss-reactive ketones (excluding diaryl/α,β-unsaturated/α-hetero) is 1. The molecule has 0 unspecified atom stereocenters. The molecule has 0 bridgehead atoms. The number of hydrogen-bond acceptors (Lipinski definition) is 5. The lowest BCUT2D eigenvalue weighted by Crippen LogP contribution is -2.49. The number of nitrogens with zero attached hydrogens (tertiary/aromatic N) is 2. The molecule has 7 nitrogen and oxygen atoms in total. The van der Waals surface area contributed by atoms with Gasteiger partial charge in [-0.1, -0.05) is 0 Å². The quantitative estimate of drug-likeness (QED) is 0.790. The highest BCUT2D eigenvalue weighted by Gasteiger charge is 2.23. The van der Waals surface area contributed by atoms with E-state index in [-0.39, 0.29) is 17.6 Å². The first kappa shape index (κ1) is 18.8. The van der Waals surface area contributed by atoms with Gasteiger partial charge in [-0.2, -0.15) is 0 Å². The maximum atomic E-state index is 12.2. The molecule has 2 heterocycles. The van der Waals surface area contributed by atoms with Crippen LogP contribution in [0.3, 0.4) is 0 Å². The fourth-order valence-electron chi connectivity index (χ4n) is 3.00. The van der Waals surface area contributed by atoms with Crippen LogP contribution in [0.4, 0.5) is 5.69 Å². The summed E-state index contributed by atoms with van der Waals surface area (Å²) in [6, 6.07) is 10.2. The Morgan fingerprint density at radius 3 is 2.33 bits per heavy atom. The van der Waals surface area contributed by atoms with Crippen molar-refractivity contribution >= 4 is 23.3 Å². The van der Waals surface area contributed by atoms with Gasteiger partial charge in [-0.05, 0) is 43.3 Å². The summed E-state index contributed by atoms with van der Waals surface area (Å²) in [6.45, 7) is 4.84. The highest BCUT2D eigenvalue weighted by Crippen LogP contribution is 2.12. The first-order valence-electron chi connectivity index (χ1n) is 8.99. The van der Waals surface area contributed by atoms with Crippen LogP contribution < -0.4 is 5.32 Å². The first-order valence-corrected chi connectivity index (χ1v) is 8.99. The summed E-state index contributed by atoms with van der Waals surface area (Å²) >= 11 is 0. The number of carbonyl (C=O) groups is 3. The van der Waals surface area contributed by atoms with Crippen LogP contribution in [-0.4, -0.2) is 60.1 Å². The Hall–Kier alpha value is -2.93. The molecule has 0 saturated carbocycles. The lowest BCUT2D eigenvalue weighted by molar-refractivity contribution is -0.116. The summed E-state index contributed by atoms with van der Waals surface area (Å²) in [7, 11) is 0. The van der Waals surface area contributed by atoms with E-state index in [0.29, 0.717) is 43.1 Å². The predicted octanol–water partition coefficient (Wildman–Crippen LogP) is 2.27. The number of nitrogens with one attached hydrogen (secondary N) is 1. The number of amides is 2. The fourth-order valence-corrected chi connectivity index (χ4v) is 3.00. The van der Waals surface area contributed by atoms with Crippen molar-refractivity contribution in [2.24, 2.45) is 0 Å². The van der Waals surface area contributed by atoms with Crippen LogP contribution in [-0.2, 0) is 4.79 Å². The molecule has 2 aromatic rings. The normalized spacial score (nSPS) is 14.8. The van der Waals surface area contributed by atoms with E-state index in [1.165, 1.54) is 13.2 Å². The van der Waals surface area contributed by atoms with Gasteiger partial charge in [0.1, 0.15) is 0 Å². The second-order valence-corrected chi connectivity index (χ2v) is 6.54. The molecule has 1 saturated heterocycles. The van der Waals surface area contributed by atoms with E-state index in [1.54, 1.807) is 41.3 Å². The standard InChI is InChI=1S/C20H23N3O4/c1-15(24)16-4-6-17(7-5-16)21-19(25)8-9-22-10-12-23(13-11-22)20(26)18-3-2-14-27-18/h2-7,14H,8-13H2,1H3,(H,21,25). The molecule has 7 heteroatoms. The van der Waals surface area contributed by atoms with Crippen LogP contribution in [0.15, 0.2) is 47.1 Å². The maximum Gasteiger partial charge on any atom is 0.289 e. The molecule has 142 valence electrons. The van der Waals surface area contributed by atoms with Gasteiger partial charge in [-0.15, -0.1) is 0 Å². The van der Waals surface area contributed by atoms with Crippen molar-refractivity contribution in [1.82, 2.24) is 9.80 Å². The Morgan fingerprint density at radius 1 is 1.04 bits per heavy atom. The number of furan rings is 1. The predicted molar refractivity (Wildman–Crippen MR) is 101 cm³/mol. The highest BCUT2D eigenvalue weighted by atomic mass is 16.3. The maximum absolute atomic E-state index is 12.2. The molecule has 0 aliphatic carbocycles. The van der Waals surface area contributed by atoms with Crippen molar-refractivity contribution in [3.63, 3.8) is 0 Å². The molecule has 27 heavy (non-hydrogen) atoms. The third kappa shape index (κ3) is 5.04. The van der Waals surface area contributed by atoms with Crippen LogP contribution in [0, 0.1) is 0 Å². The summed E-state index contributed by atoms with van der Waals surface area (Å²) in [4.78, 5) is 39.6. The second-order valence-electron chi connectivity index (χ2n) is 6.54. The van der Waals surface area contributed by atoms with Crippen molar-refractivity contribution in [2.45, 2.75) is 13.3 Å². The molecule has 0 radical (unpaired) electrons. The summed E-state index contributed by atoms with van der Waals surface area (Å²) < 4.78 is 5.15. The molecule has 2 amide bonds. The zero-order valence-corrected chi connectivity index (χ0v) is 15.3. The number of anilines is 1. The molecule has 0 atom stereocenters. The Bertz CT molecular complexity index is 791. The van der Waals surface area contributed by atoms with Gasteiger partial charge < -0.3 is 14.6 Å².